The van der Waals surface area contributed by atoms with Crippen LogP contribution in [0.4, 0.5) is 10.5 Å². The molecule has 0 spiro atoms. The van der Waals surface area contributed by atoms with Gasteiger partial charge in [-0.15, -0.1) is 0 Å². The van der Waals surface area contributed by atoms with Crippen LogP contribution in [0.2, 0.25) is 0 Å². The molecule has 4 rings (SSSR count). The maximum Gasteiger partial charge on any atom is 0.469 e. The summed E-state index contributed by atoms with van der Waals surface area (Å²) in [5.74, 6) is -8.36. The first-order chi connectivity index (χ1) is 26.7. The molecule has 2 fully saturated rings. The van der Waals surface area contributed by atoms with Crippen molar-refractivity contribution >= 4 is 29.6 Å². The first-order valence-electron chi connectivity index (χ1n) is 20.8. The van der Waals surface area contributed by atoms with Gasteiger partial charge >= 0.3 is 13.9 Å². The number of nitrogens with zero attached hydrogens (tertiary/aromatic N) is 1. The third-order valence-corrected chi connectivity index (χ3v) is 7.79. The minimum absolute atomic E-state index is 0.0635. The van der Waals surface area contributed by atoms with E-state index in [-0.39, 0.29) is 11.3 Å². The lowest BCUT2D eigenvalue weighted by molar-refractivity contribution is -0.0907. The average Bonchev–Trinajstić information content (AvgIpc) is 3.25. The van der Waals surface area contributed by atoms with Crippen LogP contribution in [0.3, 0.4) is 0 Å². The predicted octanol–water partition coefficient (Wildman–Crippen LogP) is 2.49. The number of nitrogen functional groups attached to an aromatic ring is 1. The van der Waals surface area contributed by atoms with E-state index in [0.29, 0.717) is 0 Å². The third-order valence-electron chi connectivity index (χ3n) is 5.56. The fourth-order valence-corrected chi connectivity index (χ4v) is 5.60. The number of hydrogen-bond donors (Lipinski definition) is 4. The highest BCUT2D eigenvalue weighted by Gasteiger charge is 2.44. The molecular formula is C27H38N3O10PS. The molecular weight excluding hydrogens is 589 g/mol. The largest absolute Gasteiger partial charge is 0.469 e. The number of anilines is 1. The molecule has 0 saturated carbocycles. The van der Waals surface area contributed by atoms with Crippen LogP contribution in [-0.2, 0) is 39.7 Å². The molecule has 0 bridgehead atoms. The molecule has 5 atom stereocenters. The third kappa shape index (κ3) is 8.74. The fourth-order valence-electron chi connectivity index (χ4n) is 3.75. The molecule has 2 saturated heterocycles. The second-order valence-electron chi connectivity index (χ2n) is 8.58. The Bertz CT molecular complexity index is 2080. The van der Waals surface area contributed by atoms with Crippen molar-refractivity contribution in [1.82, 2.24) is 9.62 Å². The first kappa shape index (κ1) is 16.0. The lowest BCUT2D eigenvalue weighted by Crippen LogP contribution is -2.52. The van der Waals surface area contributed by atoms with E-state index in [4.69, 9.17) is 39.7 Å². The molecule has 2 aromatic carbocycles. The van der Waals surface area contributed by atoms with Gasteiger partial charge in [-0.3, -0.25) is 4.52 Å². The molecule has 2 aliphatic rings. The van der Waals surface area contributed by atoms with Gasteiger partial charge in [-0.05, 0) is 48.5 Å². The molecule has 15 heteroatoms. The van der Waals surface area contributed by atoms with Crippen molar-refractivity contribution in [3.63, 3.8) is 0 Å². The summed E-state index contributed by atoms with van der Waals surface area (Å²) in [5.41, 5.74) is 5.66. The van der Waals surface area contributed by atoms with Gasteiger partial charge in [-0.1, -0.05) is 44.0 Å². The van der Waals surface area contributed by atoms with Crippen LogP contribution in [0.5, 0.6) is 0 Å². The highest BCUT2D eigenvalue weighted by Crippen LogP contribution is 2.39. The number of alkyl carbamates (subject to hydrolysis) is 1. The number of carbonyl (C=O) groups excluding carboxylic acids is 1. The molecule has 13 nitrogen and oxygen atoms in total. The molecule has 0 aromatic heterocycles. The highest BCUT2D eigenvalue weighted by molar-refractivity contribution is 7.89. The Kier molecular flexibility index (Phi) is 5.25. The summed E-state index contributed by atoms with van der Waals surface area (Å²) in [6.07, 6.45) is -17.3. The Morgan fingerprint density at radius 1 is 1.29 bits per heavy atom. The molecule has 2 heterocycles. The van der Waals surface area contributed by atoms with Crippen LogP contribution in [0, 0.1) is 11.8 Å². The Balaban J connectivity index is 1.95. The van der Waals surface area contributed by atoms with E-state index in [9.17, 15) is 27.6 Å². The number of fused-ring (bicyclic) bond motifs is 1. The number of amides is 1. The quantitative estimate of drug-likeness (QED) is 0.185. The molecule has 2 aliphatic heterocycles. The average molecular weight is 646 g/mol. The summed E-state index contributed by atoms with van der Waals surface area (Å²) in [7, 11) is -11.7. The zero-order chi connectivity index (χ0) is 46.4. The Morgan fingerprint density at radius 2 is 2.00 bits per heavy atom. The highest BCUT2D eigenvalue weighted by atomic mass is 32.2. The second kappa shape index (κ2) is 13.8. The van der Waals surface area contributed by atoms with E-state index < -0.39 is 122 Å². The fraction of sp³-hybridized carbons (Fsp3) is 0.519. The number of benzene rings is 2. The maximum atomic E-state index is 14.4. The van der Waals surface area contributed by atoms with Crippen molar-refractivity contribution < 1.29 is 71.0 Å². The number of rotatable bonds is 13. The lowest BCUT2D eigenvalue weighted by Gasteiger charge is -2.33. The summed E-state index contributed by atoms with van der Waals surface area (Å²) in [5, 5.41) is 1.89. The van der Waals surface area contributed by atoms with Gasteiger partial charge < -0.3 is 35.0 Å². The van der Waals surface area contributed by atoms with Gasteiger partial charge in [0.25, 0.3) is 0 Å². The molecule has 0 aliphatic carbocycles. The summed E-state index contributed by atoms with van der Waals surface area (Å²) in [6, 6.07) is 8.07. The molecule has 0 unspecified atom stereocenters. The van der Waals surface area contributed by atoms with Crippen molar-refractivity contribution in [1.29, 1.82) is 0 Å². The van der Waals surface area contributed by atoms with Crippen molar-refractivity contribution in [2.75, 3.05) is 31.9 Å². The van der Waals surface area contributed by atoms with Crippen LogP contribution >= 0.6 is 7.82 Å². The van der Waals surface area contributed by atoms with Gasteiger partial charge in [-0.2, -0.15) is 4.31 Å². The van der Waals surface area contributed by atoms with Gasteiger partial charge in [0.05, 0.1) is 38.2 Å². The van der Waals surface area contributed by atoms with Crippen molar-refractivity contribution in [2.24, 2.45) is 11.8 Å². The van der Waals surface area contributed by atoms with Gasteiger partial charge in [0, 0.05) is 35.2 Å². The smallest absolute Gasteiger partial charge is 0.443 e. The van der Waals surface area contributed by atoms with Crippen LogP contribution in [0.15, 0.2) is 59.5 Å². The second-order valence-corrected chi connectivity index (χ2v) is 11.6. The molecule has 0 radical (unpaired) electrons. The monoisotopic (exact) mass is 645 g/mol. The van der Waals surface area contributed by atoms with Crippen LogP contribution in [0.25, 0.3) is 0 Å². The van der Waals surface area contributed by atoms with Gasteiger partial charge in [0.2, 0.25) is 10.0 Å². The number of phosphoric acid groups is 1. The Labute approximate surface area is 270 Å². The molecule has 42 heavy (non-hydrogen) atoms. The first-order valence-corrected chi connectivity index (χ1v) is 14.7. The number of sulfonamides is 1. The van der Waals surface area contributed by atoms with E-state index >= 15 is 0 Å². The molecule has 5 N–H and O–H groups in total. The number of nitrogens with two attached hydrogens (primary N) is 1. The normalized spacial score (nSPS) is 38.5. The Morgan fingerprint density at radius 3 is 2.67 bits per heavy atom. The number of nitrogens with one attached hydrogen (secondary N) is 1. The summed E-state index contributed by atoms with van der Waals surface area (Å²) in [4.78, 5) is 33.0. The molecule has 232 valence electrons. The number of ether oxygens (including phenoxy) is 3. The van der Waals surface area contributed by atoms with Crippen LogP contribution in [0.1, 0.15) is 50.3 Å². The number of carbonyl (C=O) groups is 1. The lowest BCUT2D eigenvalue weighted by atomic mass is 10.0. The molecule has 1 amide bonds. The predicted molar refractivity (Wildman–Crippen MR) is 153 cm³/mol. The Hall–Kier alpha value is -2.55. The summed E-state index contributed by atoms with van der Waals surface area (Å²) < 4.78 is 208. The van der Waals surface area contributed by atoms with Crippen molar-refractivity contribution in [3.8, 4) is 0 Å². The van der Waals surface area contributed by atoms with E-state index in [1.807, 2.05) is 5.32 Å². The van der Waals surface area contributed by atoms with E-state index in [1.165, 1.54) is 30.3 Å². The minimum atomic E-state index is -6.00. The number of hydrogen-bond acceptors (Lipinski definition) is 9. The van der Waals surface area contributed by atoms with E-state index in [0.717, 1.165) is 24.3 Å². The molecule has 2 aromatic rings. The summed E-state index contributed by atoms with van der Waals surface area (Å²) >= 11 is 0. The maximum absolute atomic E-state index is 14.4. The SMILES string of the molecule is [2H]C([2H])([2H])C([2H])(C([2H])([2H])[2H])C([2H])([2H])N(C[C@@H](OP(=O)(O)O)[C@H](Cc1ccccc1)NC(=O)O[C@@]1([2H])C([2H])([2H])O[C@@]2([2H])OC([2H])([2H])C([2H])([2H])[C@]21[2H])S(=O)(=O)c1ccc(N)cc1. The standard InChI is InChI=1S/C27H38N3O10PS/c1-18(2)15-30(42(35,36)21-10-8-20(28)9-11-21)16-24(40-41(32,33)34)23(14-19-6-4-3-5-7-19)29-27(31)39-25-17-38-26-22(25)12-13-37-26/h3-11,18,22-26H,12-17,28H2,1-2H3,(H,29,31)(H2,32,33,34)/t22-,23-,24+,25-,26+/m0/s1/i1D3,2D3,12D2,13D2,15D2,17D2,18D,22D,25D,26D. The van der Waals surface area contributed by atoms with Gasteiger partial charge in [0.15, 0.2) is 6.27 Å². The topological polar surface area (TPSA) is 187 Å². The summed E-state index contributed by atoms with van der Waals surface area (Å²) in [6.45, 7) is -22.3. The van der Waals surface area contributed by atoms with Crippen molar-refractivity contribution in [3.05, 3.63) is 60.2 Å². The van der Waals surface area contributed by atoms with Gasteiger partial charge in [0.1, 0.15) is 12.2 Å². The minimum Gasteiger partial charge on any atom is -0.443 e. The van der Waals surface area contributed by atoms with Gasteiger partial charge in [-0.25, -0.2) is 17.8 Å². The zero-order valence-electron chi connectivity index (χ0n) is 39.3. The van der Waals surface area contributed by atoms with Crippen molar-refractivity contribution in [2.45, 2.75) is 55.9 Å². The van der Waals surface area contributed by atoms with E-state index in [1.54, 1.807) is 0 Å². The number of phosphoric ester groups is 1. The zero-order valence-corrected chi connectivity index (χ0v) is 23.0. The van der Waals surface area contributed by atoms with Crippen LogP contribution in [-0.4, -0.2) is 79.3 Å². The van der Waals surface area contributed by atoms with Crippen LogP contribution < -0.4 is 11.1 Å². The van der Waals surface area contributed by atoms with E-state index in [2.05, 4.69) is 9.47 Å².